The number of imidazole rings is 1. The number of nitrogens with zero attached hydrogens (tertiary/aromatic N) is 4. The lowest BCUT2D eigenvalue weighted by molar-refractivity contribution is -0.0948. The summed E-state index contributed by atoms with van der Waals surface area (Å²) in [7, 11) is -11.0. The zero-order chi connectivity index (χ0) is 24.1. The van der Waals surface area contributed by atoms with Gasteiger partial charge in [-0.15, -0.1) is 0 Å². The Morgan fingerprint density at radius 3 is 2.53 bits per heavy atom. The van der Waals surface area contributed by atoms with E-state index in [4.69, 9.17) is 24.8 Å². The third kappa shape index (κ3) is 5.58. The molecule has 0 amide bonds. The second-order valence-corrected chi connectivity index (χ2v) is 12.5. The molecule has 0 aromatic carbocycles. The Morgan fingerprint density at radius 1 is 1.25 bits per heavy atom. The van der Waals surface area contributed by atoms with Gasteiger partial charge in [-0.05, 0) is 18.7 Å². The third-order valence-corrected chi connectivity index (χ3v) is 8.93. The highest BCUT2D eigenvalue weighted by Crippen LogP contribution is 2.66. The highest BCUT2D eigenvalue weighted by atomic mass is 32.5. The van der Waals surface area contributed by atoms with Crippen molar-refractivity contribution in [2.24, 2.45) is 0 Å². The van der Waals surface area contributed by atoms with Gasteiger partial charge in [0.25, 0.3) is 0 Å². The van der Waals surface area contributed by atoms with Crippen LogP contribution in [0.4, 0.5) is 5.82 Å². The van der Waals surface area contributed by atoms with Gasteiger partial charge in [-0.2, -0.15) is 4.31 Å². The molecule has 0 bridgehead atoms. The van der Waals surface area contributed by atoms with Crippen LogP contribution in [-0.2, 0) is 38.8 Å². The van der Waals surface area contributed by atoms with Crippen molar-refractivity contribution in [2.45, 2.75) is 31.0 Å². The lowest BCUT2D eigenvalue weighted by Crippen LogP contribution is -2.44. The Morgan fingerprint density at radius 2 is 1.91 bits per heavy atom. The van der Waals surface area contributed by atoms with Crippen LogP contribution in [0.25, 0.3) is 11.2 Å². The van der Waals surface area contributed by atoms with Gasteiger partial charge in [-0.25, -0.2) is 28.4 Å². The molecule has 0 spiro atoms. The van der Waals surface area contributed by atoms with Crippen molar-refractivity contribution in [1.29, 1.82) is 0 Å². The van der Waals surface area contributed by atoms with E-state index in [2.05, 4.69) is 35.4 Å². The third-order valence-electron chi connectivity index (χ3n) is 4.21. The van der Waals surface area contributed by atoms with Crippen LogP contribution < -0.4 is 5.73 Å². The largest absolute Gasteiger partial charge is 0.488 e. The minimum absolute atomic E-state index is 0.0656. The zero-order valence-corrected chi connectivity index (χ0v) is 19.3. The first-order valence-electron chi connectivity index (χ1n) is 8.30. The molecule has 180 valence electrons. The average molecular weight is 537 g/mol. The van der Waals surface area contributed by atoms with E-state index in [0.29, 0.717) is 0 Å². The van der Waals surface area contributed by atoms with Gasteiger partial charge >= 0.3 is 22.4 Å². The van der Waals surface area contributed by atoms with Crippen molar-refractivity contribution in [2.75, 3.05) is 12.3 Å². The summed E-state index contributed by atoms with van der Waals surface area (Å²) < 4.78 is 41.6. The van der Waals surface area contributed by atoms with Gasteiger partial charge in [-0.1, -0.05) is 0 Å². The molecule has 6 unspecified atom stereocenters. The average Bonchev–Trinajstić information content (AvgIpc) is 3.11. The predicted octanol–water partition coefficient (Wildman–Crippen LogP) is -1.12. The summed E-state index contributed by atoms with van der Waals surface area (Å²) in [5, 5.41) is 21.3. The summed E-state index contributed by atoms with van der Waals surface area (Å²) in [6, 6.07) is 0. The Kier molecular flexibility index (Phi) is 6.97. The summed E-state index contributed by atoms with van der Waals surface area (Å²) >= 11 is 4.51. The van der Waals surface area contributed by atoms with E-state index in [1.807, 2.05) is 0 Å². The molecule has 0 radical (unpaired) electrons. The highest BCUT2D eigenvalue weighted by Gasteiger charge is 2.54. The van der Waals surface area contributed by atoms with E-state index in [9.17, 15) is 29.1 Å². The van der Waals surface area contributed by atoms with E-state index in [0.717, 1.165) is 6.33 Å². The van der Waals surface area contributed by atoms with Crippen molar-refractivity contribution >= 4 is 51.2 Å². The smallest absolute Gasteiger partial charge is 0.387 e. The van der Waals surface area contributed by atoms with E-state index in [1.54, 1.807) is 0 Å². The first-order chi connectivity index (χ1) is 14.5. The summed E-state index contributed by atoms with van der Waals surface area (Å²) in [5.74, 6) is 0.0656. The van der Waals surface area contributed by atoms with Gasteiger partial charge in [-0.3, -0.25) is 4.57 Å². The number of aromatic nitrogens is 4. The molecule has 8 N–H and O–H groups in total. The van der Waals surface area contributed by atoms with Gasteiger partial charge in [0.2, 0.25) is 0 Å². The van der Waals surface area contributed by atoms with Crippen LogP contribution >= 0.6 is 22.4 Å². The van der Waals surface area contributed by atoms with Gasteiger partial charge in [0.1, 0.15) is 29.7 Å². The molecule has 0 saturated carbocycles. The predicted molar refractivity (Wildman–Crippen MR) is 107 cm³/mol. The van der Waals surface area contributed by atoms with Crippen LogP contribution in [0.1, 0.15) is 13.2 Å². The second-order valence-electron chi connectivity index (χ2n) is 6.67. The Balaban J connectivity index is 1.74. The van der Waals surface area contributed by atoms with Crippen LogP contribution in [0, 0.1) is 0 Å². The first-order valence-corrected chi connectivity index (χ1v) is 13.9. The number of fused-ring (bicyclic) bond motifs is 1. The summed E-state index contributed by atoms with van der Waals surface area (Å²) in [6.45, 7) is -4.15. The minimum atomic E-state index is -5.51. The van der Waals surface area contributed by atoms with E-state index in [1.165, 1.54) is 17.8 Å². The standard InChI is InChI=1S/C11H18N5O12P3S/c1-11(18)7(17)5(2-25-31(24,32)28-30(22,23)27-29(19,20)21)26-10(11)16-4-15-6-8(12)13-3-14-9(6)16/h3-5,7,10,17-18H,2H2,1H3,(H,22,23)(H,24,32)(H2,12,13,14)(H2,19,20,21). The van der Waals surface area contributed by atoms with Gasteiger partial charge in [0.05, 0.1) is 12.9 Å². The normalized spacial score (nSPS) is 30.3. The topological polar surface area (TPSA) is 262 Å². The molecule has 1 aliphatic heterocycles. The van der Waals surface area contributed by atoms with Crippen molar-refractivity contribution in [1.82, 2.24) is 19.5 Å². The maximum absolute atomic E-state index is 11.6. The maximum atomic E-state index is 11.6. The van der Waals surface area contributed by atoms with Crippen LogP contribution in [0.3, 0.4) is 0 Å². The van der Waals surface area contributed by atoms with Crippen LogP contribution in [0.5, 0.6) is 0 Å². The summed E-state index contributed by atoms with van der Waals surface area (Å²) in [4.78, 5) is 48.2. The second kappa shape index (κ2) is 8.69. The van der Waals surface area contributed by atoms with Crippen molar-refractivity contribution < 1.29 is 56.8 Å². The molecule has 1 saturated heterocycles. The van der Waals surface area contributed by atoms with Crippen LogP contribution in [0.15, 0.2) is 12.7 Å². The molecular formula is C11H18N5O12P3S. The fourth-order valence-corrected chi connectivity index (χ4v) is 6.86. The first kappa shape index (κ1) is 25.7. The lowest BCUT2D eigenvalue weighted by Gasteiger charge is -2.27. The van der Waals surface area contributed by atoms with E-state index in [-0.39, 0.29) is 17.0 Å². The number of aliphatic hydroxyl groups is 2. The number of hydrogen-bond donors (Lipinski definition) is 7. The molecule has 21 heteroatoms. The minimum Gasteiger partial charge on any atom is -0.387 e. The molecule has 6 atom stereocenters. The highest BCUT2D eigenvalue weighted by molar-refractivity contribution is 8.08. The molecule has 1 fully saturated rings. The fourth-order valence-electron chi connectivity index (χ4n) is 2.89. The summed E-state index contributed by atoms with van der Waals surface area (Å²) in [6.07, 6.45) is -1.87. The van der Waals surface area contributed by atoms with E-state index >= 15 is 0 Å². The number of nitrogens with two attached hydrogens (primary N) is 1. The molecule has 32 heavy (non-hydrogen) atoms. The Hall–Kier alpha value is -0.940. The Labute approximate surface area is 183 Å². The van der Waals surface area contributed by atoms with Gasteiger partial charge < -0.3 is 44.8 Å². The Bertz CT molecular complexity index is 1150. The number of ether oxygens (including phenoxy) is 1. The molecule has 1 aliphatic rings. The number of anilines is 1. The number of phosphoric acid groups is 2. The molecular weight excluding hydrogens is 519 g/mol. The maximum Gasteiger partial charge on any atom is 0.488 e. The number of aliphatic hydroxyl groups excluding tert-OH is 1. The van der Waals surface area contributed by atoms with Crippen molar-refractivity contribution in [3.05, 3.63) is 12.7 Å². The fraction of sp³-hybridized carbons (Fsp3) is 0.545. The van der Waals surface area contributed by atoms with Crippen LogP contribution in [-0.4, -0.2) is 73.7 Å². The lowest BCUT2D eigenvalue weighted by atomic mass is 9.96. The van der Waals surface area contributed by atoms with Crippen molar-refractivity contribution in [3.63, 3.8) is 0 Å². The van der Waals surface area contributed by atoms with Gasteiger partial charge in [0.15, 0.2) is 17.7 Å². The molecule has 3 heterocycles. The molecule has 2 aromatic heterocycles. The zero-order valence-electron chi connectivity index (χ0n) is 15.8. The number of nitrogen functional groups attached to an aromatic ring is 1. The number of hydrogen-bond acceptors (Lipinski definition) is 13. The SMILES string of the molecule is CC1(O)C(O)C(COP(O)(=S)OP(=O)(O)OP(=O)(O)O)OC1n1cnc2c(N)ncnc21. The quantitative estimate of drug-likeness (QED) is 0.197. The molecule has 17 nitrogen and oxygen atoms in total. The summed E-state index contributed by atoms with van der Waals surface area (Å²) in [5.41, 5.74) is 4.17. The van der Waals surface area contributed by atoms with Crippen molar-refractivity contribution in [3.8, 4) is 0 Å². The molecule has 3 rings (SSSR count). The van der Waals surface area contributed by atoms with Crippen LogP contribution in [0.2, 0.25) is 0 Å². The molecule has 2 aromatic rings. The van der Waals surface area contributed by atoms with E-state index < -0.39 is 53.0 Å². The number of rotatable bonds is 8. The molecule has 0 aliphatic carbocycles. The van der Waals surface area contributed by atoms with Gasteiger partial charge in [0, 0.05) is 0 Å². The monoisotopic (exact) mass is 537 g/mol.